The van der Waals surface area contributed by atoms with Crippen molar-refractivity contribution in [2.45, 2.75) is 11.3 Å². The number of piperazine rings is 1. The largest absolute Gasteiger partial charge is 0.497 e. The van der Waals surface area contributed by atoms with Gasteiger partial charge < -0.3 is 9.64 Å². The number of sulfonamides is 1. The van der Waals surface area contributed by atoms with Crippen LogP contribution in [0.4, 0.5) is 13.9 Å². The second-order valence-corrected chi connectivity index (χ2v) is 9.80. The molecule has 0 atom stereocenters. The number of methoxy groups -OCH3 is 1. The lowest BCUT2D eigenvalue weighted by Crippen LogP contribution is -2.49. The van der Waals surface area contributed by atoms with Gasteiger partial charge in [0.25, 0.3) is 0 Å². The van der Waals surface area contributed by atoms with Crippen LogP contribution >= 0.6 is 11.3 Å². The fourth-order valence-electron chi connectivity index (χ4n) is 3.45. The zero-order valence-corrected chi connectivity index (χ0v) is 18.4. The molecule has 0 saturated carbocycles. The second-order valence-electron chi connectivity index (χ2n) is 7.09. The van der Waals surface area contributed by atoms with Crippen molar-refractivity contribution in [1.82, 2.24) is 9.29 Å². The molecule has 2 aromatic carbocycles. The van der Waals surface area contributed by atoms with Crippen LogP contribution in [0.25, 0.3) is 0 Å². The summed E-state index contributed by atoms with van der Waals surface area (Å²) >= 11 is 1.50. The van der Waals surface area contributed by atoms with Gasteiger partial charge in [0.15, 0.2) is 10.0 Å². The third-order valence-electron chi connectivity index (χ3n) is 5.11. The van der Waals surface area contributed by atoms with Gasteiger partial charge in [0.2, 0.25) is 10.0 Å². The molecule has 0 radical (unpaired) electrons. The first-order valence-electron chi connectivity index (χ1n) is 9.65. The summed E-state index contributed by atoms with van der Waals surface area (Å²) in [7, 11) is -2.62. The molecule has 1 aliphatic heterocycles. The van der Waals surface area contributed by atoms with Gasteiger partial charge in [-0.3, -0.25) is 0 Å². The van der Waals surface area contributed by atoms with Crippen molar-refractivity contribution in [3.8, 4) is 5.75 Å². The molecule has 1 aromatic heterocycles. The van der Waals surface area contributed by atoms with E-state index in [1.54, 1.807) is 7.11 Å². The molecule has 164 valence electrons. The minimum Gasteiger partial charge on any atom is -0.497 e. The van der Waals surface area contributed by atoms with Crippen LogP contribution in [0.5, 0.6) is 5.75 Å². The van der Waals surface area contributed by atoms with Gasteiger partial charge in [-0.15, -0.1) is 11.3 Å². The van der Waals surface area contributed by atoms with Gasteiger partial charge in [-0.25, -0.2) is 22.2 Å². The standard InChI is InChI=1S/C21H21F2N3O3S2/c1-29-17-7-5-15(6-8-17)13-16-14-30-21(24-16)25-9-11-26(12-10-25)31(27,28)20-18(22)3-2-4-19(20)23/h2-8,14H,9-13H2,1H3. The quantitative estimate of drug-likeness (QED) is 0.557. The molecule has 4 rings (SSSR count). The number of benzene rings is 2. The maximum atomic E-state index is 14.0. The third-order valence-corrected chi connectivity index (χ3v) is 8.01. The molecule has 0 unspecified atom stereocenters. The van der Waals surface area contributed by atoms with Crippen LogP contribution in [0.15, 0.2) is 52.7 Å². The van der Waals surface area contributed by atoms with Crippen LogP contribution in [0.1, 0.15) is 11.3 Å². The highest BCUT2D eigenvalue weighted by atomic mass is 32.2. The highest BCUT2D eigenvalue weighted by Gasteiger charge is 2.33. The van der Waals surface area contributed by atoms with E-state index < -0.39 is 26.6 Å². The molecule has 1 saturated heterocycles. The van der Waals surface area contributed by atoms with Gasteiger partial charge in [-0.2, -0.15) is 4.31 Å². The summed E-state index contributed by atoms with van der Waals surface area (Å²) in [5, 5.41) is 2.79. The lowest BCUT2D eigenvalue weighted by Gasteiger charge is -2.33. The first-order valence-corrected chi connectivity index (χ1v) is 12.0. The fraction of sp³-hybridized carbons (Fsp3) is 0.286. The Bertz CT molecular complexity index is 1140. The van der Waals surface area contributed by atoms with E-state index >= 15 is 0 Å². The molecule has 0 aliphatic carbocycles. The number of halogens is 2. The maximum Gasteiger partial charge on any atom is 0.249 e. The summed E-state index contributed by atoms with van der Waals surface area (Å²) in [5.41, 5.74) is 2.04. The summed E-state index contributed by atoms with van der Waals surface area (Å²) < 4.78 is 59.7. The molecule has 0 N–H and O–H groups in total. The van der Waals surface area contributed by atoms with E-state index in [1.165, 1.54) is 11.3 Å². The van der Waals surface area contributed by atoms with E-state index in [0.29, 0.717) is 19.5 Å². The average Bonchev–Trinajstić information content (AvgIpc) is 3.22. The topological polar surface area (TPSA) is 62.7 Å². The van der Waals surface area contributed by atoms with Gasteiger partial charge in [-0.05, 0) is 29.8 Å². The van der Waals surface area contributed by atoms with Crippen molar-refractivity contribution in [3.63, 3.8) is 0 Å². The van der Waals surface area contributed by atoms with Gasteiger partial charge >= 0.3 is 0 Å². The minimum atomic E-state index is -4.24. The number of anilines is 1. The summed E-state index contributed by atoms with van der Waals surface area (Å²) in [5.74, 6) is -1.36. The Labute approximate surface area is 183 Å². The highest BCUT2D eigenvalue weighted by Crippen LogP contribution is 2.27. The lowest BCUT2D eigenvalue weighted by atomic mass is 10.1. The zero-order chi connectivity index (χ0) is 22.0. The molecule has 6 nitrogen and oxygen atoms in total. The molecule has 2 heterocycles. The Balaban J connectivity index is 1.41. The number of thiazole rings is 1. The monoisotopic (exact) mass is 465 g/mol. The fourth-order valence-corrected chi connectivity index (χ4v) is 5.86. The molecular formula is C21H21F2N3O3S2. The average molecular weight is 466 g/mol. The molecule has 1 aliphatic rings. The van der Waals surface area contributed by atoms with Crippen molar-refractivity contribution in [2.24, 2.45) is 0 Å². The molecule has 0 bridgehead atoms. The van der Waals surface area contributed by atoms with E-state index in [4.69, 9.17) is 4.74 Å². The number of hydrogen-bond acceptors (Lipinski definition) is 6. The molecule has 3 aromatic rings. The van der Waals surface area contributed by atoms with Crippen molar-refractivity contribution in [1.29, 1.82) is 0 Å². The lowest BCUT2D eigenvalue weighted by molar-refractivity contribution is 0.378. The van der Waals surface area contributed by atoms with Crippen LogP contribution in [-0.2, 0) is 16.4 Å². The van der Waals surface area contributed by atoms with Crippen molar-refractivity contribution < 1.29 is 21.9 Å². The number of nitrogens with zero attached hydrogens (tertiary/aromatic N) is 3. The third kappa shape index (κ3) is 4.56. The first-order chi connectivity index (χ1) is 14.9. The number of ether oxygens (including phenoxy) is 1. The van der Waals surface area contributed by atoms with Crippen LogP contribution < -0.4 is 9.64 Å². The van der Waals surface area contributed by atoms with E-state index in [1.807, 2.05) is 34.5 Å². The van der Waals surface area contributed by atoms with Gasteiger partial charge in [0.05, 0.1) is 12.8 Å². The van der Waals surface area contributed by atoms with Crippen LogP contribution in [-0.4, -0.2) is 51.0 Å². The molecule has 0 amide bonds. The number of hydrogen-bond donors (Lipinski definition) is 0. The summed E-state index contributed by atoms with van der Waals surface area (Å²) in [6.45, 7) is 1.04. The van der Waals surface area contributed by atoms with Crippen LogP contribution in [0.2, 0.25) is 0 Å². The normalized spacial score (nSPS) is 15.3. The molecular weight excluding hydrogens is 444 g/mol. The van der Waals surface area contributed by atoms with Gasteiger partial charge in [0.1, 0.15) is 17.4 Å². The SMILES string of the molecule is COc1ccc(Cc2csc(N3CCN(S(=O)(=O)c4c(F)cccc4F)CC3)n2)cc1. The smallest absolute Gasteiger partial charge is 0.249 e. The summed E-state index contributed by atoms with van der Waals surface area (Å²) in [4.78, 5) is 5.77. The predicted octanol–water partition coefficient (Wildman–Crippen LogP) is 3.53. The van der Waals surface area contributed by atoms with E-state index in [9.17, 15) is 17.2 Å². The Morgan fingerprint density at radius 1 is 1.03 bits per heavy atom. The van der Waals surface area contributed by atoms with Crippen LogP contribution in [0, 0.1) is 11.6 Å². The van der Waals surface area contributed by atoms with Crippen molar-refractivity contribution in [3.05, 3.63) is 70.7 Å². The minimum absolute atomic E-state index is 0.128. The second kappa shape index (κ2) is 8.89. The maximum absolute atomic E-state index is 14.0. The van der Waals surface area contributed by atoms with Crippen molar-refractivity contribution in [2.75, 3.05) is 38.2 Å². The van der Waals surface area contributed by atoms with E-state index in [-0.39, 0.29) is 13.1 Å². The van der Waals surface area contributed by atoms with Crippen molar-refractivity contribution >= 4 is 26.5 Å². The summed E-state index contributed by atoms with van der Waals surface area (Å²) in [6, 6.07) is 10.8. The Hall–Kier alpha value is -2.56. The van der Waals surface area contributed by atoms with E-state index in [2.05, 4.69) is 4.98 Å². The summed E-state index contributed by atoms with van der Waals surface area (Å²) in [6.07, 6.45) is 0.682. The molecule has 1 fully saturated rings. The van der Waals surface area contributed by atoms with Gasteiger partial charge in [-0.1, -0.05) is 18.2 Å². The molecule has 31 heavy (non-hydrogen) atoms. The highest BCUT2D eigenvalue weighted by molar-refractivity contribution is 7.89. The Kier molecular flexibility index (Phi) is 6.22. The zero-order valence-electron chi connectivity index (χ0n) is 16.8. The first kappa shape index (κ1) is 21.7. The van der Waals surface area contributed by atoms with Gasteiger partial charge in [0, 0.05) is 38.0 Å². The van der Waals surface area contributed by atoms with E-state index in [0.717, 1.165) is 44.6 Å². The number of aromatic nitrogens is 1. The predicted molar refractivity (Wildman–Crippen MR) is 115 cm³/mol. The Morgan fingerprint density at radius 2 is 1.68 bits per heavy atom. The Morgan fingerprint density at radius 3 is 2.29 bits per heavy atom. The number of rotatable bonds is 6. The molecule has 0 spiro atoms. The molecule has 10 heteroatoms. The van der Waals surface area contributed by atoms with Crippen LogP contribution in [0.3, 0.4) is 0 Å².